The second kappa shape index (κ2) is 5.48. The van der Waals surface area contributed by atoms with E-state index < -0.39 is 0 Å². The number of hydrogen-bond donors (Lipinski definition) is 1. The van der Waals surface area contributed by atoms with Crippen LogP contribution in [-0.4, -0.2) is 31.5 Å². The molecule has 0 radical (unpaired) electrons. The van der Waals surface area contributed by atoms with Gasteiger partial charge in [0.05, 0.1) is 18.3 Å². The highest BCUT2D eigenvalue weighted by atomic mass is 16.5. The van der Waals surface area contributed by atoms with E-state index in [9.17, 15) is 0 Å². The third-order valence-corrected chi connectivity index (χ3v) is 4.09. The Balaban J connectivity index is 1.88. The summed E-state index contributed by atoms with van der Waals surface area (Å²) in [5.74, 6) is 0.839. The fraction of sp³-hybridized carbons (Fsp3) is 1.00. The van der Waals surface area contributed by atoms with Crippen molar-refractivity contribution in [2.45, 2.75) is 57.2 Å². The molecular formula is C13H25NO2. The van der Waals surface area contributed by atoms with E-state index in [-0.39, 0.29) is 11.7 Å². The molecule has 2 aliphatic rings. The topological polar surface area (TPSA) is 44.5 Å². The van der Waals surface area contributed by atoms with Crippen LogP contribution in [0.25, 0.3) is 0 Å². The third-order valence-electron chi connectivity index (χ3n) is 4.09. The van der Waals surface area contributed by atoms with Gasteiger partial charge in [0.25, 0.3) is 0 Å². The van der Waals surface area contributed by atoms with Crippen molar-refractivity contribution in [2.24, 2.45) is 11.7 Å². The van der Waals surface area contributed by atoms with E-state index in [0.717, 1.165) is 44.8 Å². The lowest BCUT2D eigenvalue weighted by Gasteiger charge is -2.41. The fourth-order valence-corrected chi connectivity index (χ4v) is 2.82. The average Bonchev–Trinajstić information content (AvgIpc) is 2.34. The van der Waals surface area contributed by atoms with Crippen LogP contribution < -0.4 is 5.73 Å². The molecule has 3 heteroatoms. The van der Waals surface area contributed by atoms with Crippen molar-refractivity contribution in [2.75, 3.05) is 19.8 Å². The van der Waals surface area contributed by atoms with Crippen molar-refractivity contribution in [3.63, 3.8) is 0 Å². The van der Waals surface area contributed by atoms with Gasteiger partial charge in [-0.2, -0.15) is 0 Å². The minimum absolute atomic E-state index is 0.0438. The number of nitrogens with two attached hydrogens (primary N) is 1. The van der Waals surface area contributed by atoms with Crippen molar-refractivity contribution in [3.8, 4) is 0 Å². The lowest BCUT2D eigenvalue weighted by atomic mass is 9.79. The molecule has 0 bridgehead atoms. The van der Waals surface area contributed by atoms with Crippen molar-refractivity contribution in [1.29, 1.82) is 0 Å². The molecule has 1 saturated carbocycles. The van der Waals surface area contributed by atoms with Crippen LogP contribution in [0.4, 0.5) is 0 Å². The van der Waals surface area contributed by atoms with Gasteiger partial charge < -0.3 is 15.2 Å². The first kappa shape index (κ1) is 12.3. The van der Waals surface area contributed by atoms with Gasteiger partial charge in [0.15, 0.2) is 0 Å². The number of rotatable bonds is 3. The Bertz CT molecular complexity index is 206. The predicted molar refractivity (Wildman–Crippen MR) is 64.3 cm³/mol. The average molecular weight is 227 g/mol. The van der Waals surface area contributed by atoms with Gasteiger partial charge in [0, 0.05) is 13.2 Å². The molecule has 0 aromatic carbocycles. The lowest BCUT2D eigenvalue weighted by Crippen LogP contribution is -2.47. The molecule has 16 heavy (non-hydrogen) atoms. The monoisotopic (exact) mass is 227 g/mol. The molecule has 0 spiro atoms. The zero-order chi connectivity index (χ0) is 11.4. The Morgan fingerprint density at radius 2 is 2.06 bits per heavy atom. The Hall–Kier alpha value is -0.120. The summed E-state index contributed by atoms with van der Waals surface area (Å²) < 4.78 is 11.7. The summed E-state index contributed by atoms with van der Waals surface area (Å²) >= 11 is 0. The number of hydrogen-bond acceptors (Lipinski definition) is 3. The first-order valence-electron chi connectivity index (χ1n) is 6.70. The molecule has 1 aliphatic heterocycles. The molecule has 1 heterocycles. The highest BCUT2D eigenvalue weighted by Crippen LogP contribution is 2.35. The van der Waals surface area contributed by atoms with E-state index in [1.807, 2.05) is 0 Å². The lowest BCUT2D eigenvalue weighted by molar-refractivity contribution is -0.149. The highest BCUT2D eigenvalue weighted by molar-refractivity contribution is 4.88. The van der Waals surface area contributed by atoms with Crippen LogP contribution in [-0.2, 0) is 9.47 Å². The zero-order valence-corrected chi connectivity index (χ0v) is 10.4. The summed E-state index contributed by atoms with van der Waals surface area (Å²) in [5.41, 5.74) is 5.89. The largest absolute Gasteiger partial charge is 0.379 e. The van der Waals surface area contributed by atoms with Crippen LogP contribution in [0.15, 0.2) is 0 Å². The third kappa shape index (κ3) is 2.96. The van der Waals surface area contributed by atoms with E-state index in [1.165, 1.54) is 12.8 Å². The summed E-state index contributed by atoms with van der Waals surface area (Å²) in [6.45, 7) is 4.64. The molecular weight excluding hydrogens is 202 g/mol. The molecule has 0 amide bonds. The molecule has 0 aromatic heterocycles. The van der Waals surface area contributed by atoms with E-state index in [2.05, 4.69) is 6.92 Å². The molecule has 2 fully saturated rings. The SMILES string of the molecule is CC1CCC(CN)(OC2CCCOC2)CC1. The van der Waals surface area contributed by atoms with Crippen molar-refractivity contribution < 1.29 is 9.47 Å². The molecule has 2 rings (SSSR count). The predicted octanol–water partition coefficient (Wildman–Crippen LogP) is 2.09. The summed E-state index contributed by atoms with van der Waals surface area (Å²) in [6, 6.07) is 0. The molecule has 2 N–H and O–H groups in total. The van der Waals surface area contributed by atoms with E-state index in [1.54, 1.807) is 0 Å². The maximum atomic E-state index is 6.27. The van der Waals surface area contributed by atoms with Gasteiger partial charge >= 0.3 is 0 Å². The first-order chi connectivity index (χ1) is 7.74. The normalized spacial score (nSPS) is 40.9. The molecule has 94 valence electrons. The molecule has 1 saturated heterocycles. The van der Waals surface area contributed by atoms with Gasteiger partial charge in [-0.15, -0.1) is 0 Å². The van der Waals surface area contributed by atoms with Crippen LogP contribution in [0.5, 0.6) is 0 Å². The summed E-state index contributed by atoms with van der Waals surface area (Å²) in [4.78, 5) is 0. The van der Waals surface area contributed by atoms with Gasteiger partial charge in [-0.25, -0.2) is 0 Å². The Morgan fingerprint density at radius 1 is 1.31 bits per heavy atom. The van der Waals surface area contributed by atoms with Crippen molar-refractivity contribution >= 4 is 0 Å². The highest BCUT2D eigenvalue weighted by Gasteiger charge is 2.36. The standard InChI is InChI=1S/C13H25NO2/c1-11-4-6-13(10-14,7-5-11)16-12-3-2-8-15-9-12/h11-12H,2-10,14H2,1H3. The first-order valence-corrected chi connectivity index (χ1v) is 6.70. The zero-order valence-electron chi connectivity index (χ0n) is 10.4. The van der Waals surface area contributed by atoms with Gasteiger partial charge in [0.2, 0.25) is 0 Å². The fourth-order valence-electron chi connectivity index (χ4n) is 2.82. The van der Waals surface area contributed by atoms with E-state index in [0.29, 0.717) is 6.54 Å². The number of ether oxygens (including phenoxy) is 2. The summed E-state index contributed by atoms with van der Waals surface area (Å²) in [7, 11) is 0. The van der Waals surface area contributed by atoms with Crippen LogP contribution in [0.3, 0.4) is 0 Å². The molecule has 0 aromatic rings. The Morgan fingerprint density at radius 3 is 2.62 bits per heavy atom. The van der Waals surface area contributed by atoms with Crippen LogP contribution in [0.2, 0.25) is 0 Å². The minimum atomic E-state index is -0.0438. The Labute approximate surface area is 98.7 Å². The van der Waals surface area contributed by atoms with Gasteiger partial charge in [-0.05, 0) is 44.4 Å². The minimum Gasteiger partial charge on any atom is -0.379 e. The second-order valence-electron chi connectivity index (χ2n) is 5.53. The maximum absolute atomic E-state index is 6.27. The van der Waals surface area contributed by atoms with Crippen LogP contribution in [0, 0.1) is 5.92 Å². The van der Waals surface area contributed by atoms with Crippen LogP contribution >= 0.6 is 0 Å². The van der Waals surface area contributed by atoms with E-state index >= 15 is 0 Å². The summed E-state index contributed by atoms with van der Waals surface area (Å²) in [5, 5.41) is 0. The van der Waals surface area contributed by atoms with E-state index in [4.69, 9.17) is 15.2 Å². The molecule has 1 atom stereocenters. The summed E-state index contributed by atoms with van der Waals surface area (Å²) in [6.07, 6.45) is 7.31. The second-order valence-corrected chi connectivity index (χ2v) is 5.53. The van der Waals surface area contributed by atoms with Crippen molar-refractivity contribution in [3.05, 3.63) is 0 Å². The molecule has 3 nitrogen and oxygen atoms in total. The van der Waals surface area contributed by atoms with Gasteiger partial charge in [0.1, 0.15) is 0 Å². The molecule has 1 unspecified atom stereocenters. The van der Waals surface area contributed by atoms with Crippen LogP contribution in [0.1, 0.15) is 45.4 Å². The van der Waals surface area contributed by atoms with Crippen molar-refractivity contribution in [1.82, 2.24) is 0 Å². The smallest absolute Gasteiger partial charge is 0.0817 e. The Kier molecular flexibility index (Phi) is 4.22. The quantitative estimate of drug-likeness (QED) is 0.803. The van der Waals surface area contributed by atoms with Gasteiger partial charge in [-0.1, -0.05) is 6.92 Å². The molecule has 1 aliphatic carbocycles. The van der Waals surface area contributed by atoms with Gasteiger partial charge in [-0.3, -0.25) is 0 Å². The maximum Gasteiger partial charge on any atom is 0.0817 e.